The standard InChI is InChI=1S/C24H37N3O2/c1-25-23(26-19-24(12-13-24)17-20-7-3-2-4-8-20)27-14-10-21(11-15-27)29-18-22-9-5-6-16-28-22/h2-4,7-8,21-22H,5-6,9-19H2,1H3,(H,25,26). The Hall–Kier alpha value is -1.59. The lowest BCUT2D eigenvalue weighted by Gasteiger charge is -2.35. The summed E-state index contributed by atoms with van der Waals surface area (Å²) in [5.41, 5.74) is 1.86. The van der Waals surface area contributed by atoms with Crippen LogP contribution < -0.4 is 5.32 Å². The fourth-order valence-corrected chi connectivity index (χ4v) is 4.64. The topological polar surface area (TPSA) is 46.1 Å². The molecule has 4 rings (SSSR count). The van der Waals surface area contributed by atoms with Crippen molar-refractivity contribution in [2.45, 2.75) is 63.6 Å². The van der Waals surface area contributed by atoms with E-state index in [2.05, 4.69) is 45.5 Å². The maximum absolute atomic E-state index is 6.16. The van der Waals surface area contributed by atoms with E-state index in [1.807, 2.05) is 7.05 Å². The summed E-state index contributed by atoms with van der Waals surface area (Å²) in [6.45, 7) is 4.72. The molecule has 5 heteroatoms. The molecule has 1 unspecified atom stereocenters. The first kappa shape index (κ1) is 20.7. The molecule has 2 saturated heterocycles. The van der Waals surface area contributed by atoms with Gasteiger partial charge >= 0.3 is 0 Å². The lowest BCUT2D eigenvalue weighted by atomic mass is 9.96. The van der Waals surface area contributed by atoms with Gasteiger partial charge < -0.3 is 19.7 Å². The second-order valence-corrected chi connectivity index (χ2v) is 9.07. The molecule has 3 aliphatic rings. The molecule has 2 heterocycles. The smallest absolute Gasteiger partial charge is 0.193 e. The van der Waals surface area contributed by atoms with E-state index in [1.165, 1.54) is 31.2 Å². The van der Waals surface area contributed by atoms with Crippen LogP contribution in [0.5, 0.6) is 0 Å². The summed E-state index contributed by atoms with van der Waals surface area (Å²) in [5, 5.41) is 3.68. The molecular formula is C24H37N3O2. The first-order chi connectivity index (χ1) is 14.3. The Balaban J connectivity index is 1.18. The monoisotopic (exact) mass is 399 g/mol. The number of piperidine rings is 1. The van der Waals surface area contributed by atoms with Crippen LogP contribution in [-0.4, -0.2) is 63.0 Å². The van der Waals surface area contributed by atoms with Crippen molar-refractivity contribution in [2.75, 3.05) is 39.9 Å². The molecule has 0 spiro atoms. The summed E-state index contributed by atoms with van der Waals surface area (Å²) in [6.07, 6.45) is 10.2. The van der Waals surface area contributed by atoms with Crippen molar-refractivity contribution in [3.8, 4) is 0 Å². The molecule has 1 aliphatic carbocycles. The summed E-state index contributed by atoms with van der Waals surface area (Å²) in [4.78, 5) is 6.96. The van der Waals surface area contributed by atoms with Crippen molar-refractivity contribution in [1.82, 2.24) is 10.2 Å². The van der Waals surface area contributed by atoms with E-state index < -0.39 is 0 Å². The Bertz CT molecular complexity index is 645. The van der Waals surface area contributed by atoms with Crippen molar-refractivity contribution in [1.29, 1.82) is 0 Å². The number of rotatable bonds is 7. The van der Waals surface area contributed by atoms with Crippen LogP contribution in [-0.2, 0) is 15.9 Å². The summed E-state index contributed by atoms with van der Waals surface area (Å²) >= 11 is 0. The minimum absolute atomic E-state index is 0.315. The molecule has 29 heavy (non-hydrogen) atoms. The van der Waals surface area contributed by atoms with Gasteiger partial charge in [0.1, 0.15) is 0 Å². The summed E-state index contributed by atoms with van der Waals surface area (Å²) in [6, 6.07) is 10.9. The van der Waals surface area contributed by atoms with Crippen molar-refractivity contribution < 1.29 is 9.47 Å². The van der Waals surface area contributed by atoms with Gasteiger partial charge in [-0.05, 0) is 62.3 Å². The average Bonchev–Trinajstić information content (AvgIpc) is 3.54. The van der Waals surface area contributed by atoms with Crippen LogP contribution in [0.25, 0.3) is 0 Å². The SMILES string of the molecule is CN=C(NCC1(Cc2ccccc2)CC1)N1CCC(OCC2CCCCO2)CC1. The molecule has 1 saturated carbocycles. The highest BCUT2D eigenvalue weighted by Gasteiger charge is 2.42. The molecule has 5 nitrogen and oxygen atoms in total. The van der Waals surface area contributed by atoms with E-state index in [1.54, 1.807) is 0 Å². The number of nitrogens with one attached hydrogen (secondary N) is 1. The summed E-state index contributed by atoms with van der Waals surface area (Å²) in [5.74, 6) is 1.05. The Labute approximate surface area is 175 Å². The zero-order chi connectivity index (χ0) is 19.9. The molecule has 0 aromatic heterocycles. The molecular weight excluding hydrogens is 362 g/mol. The van der Waals surface area contributed by atoms with Crippen LogP contribution in [0.2, 0.25) is 0 Å². The van der Waals surface area contributed by atoms with E-state index in [0.717, 1.165) is 64.5 Å². The zero-order valence-electron chi connectivity index (χ0n) is 17.9. The minimum Gasteiger partial charge on any atom is -0.376 e. The first-order valence-electron chi connectivity index (χ1n) is 11.5. The Morgan fingerprint density at radius 3 is 2.62 bits per heavy atom. The van der Waals surface area contributed by atoms with Gasteiger partial charge in [-0.1, -0.05) is 30.3 Å². The highest BCUT2D eigenvalue weighted by atomic mass is 16.5. The van der Waals surface area contributed by atoms with Crippen molar-refractivity contribution in [2.24, 2.45) is 10.4 Å². The third kappa shape index (κ3) is 5.95. The number of hydrogen-bond donors (Lipinski definition) is 1. The molecule has 1 aromatic carbocycles. The number of aliphatic imine (C=N–C) groups is 1. The van der Waals surface area contributed by atoms with Crippen LogP contribution in [0.3, 0.4) is 0 Å². The van der Waals surface area contributed by atoms with Gasteiger partial charge in [-0.15, -0.1) is 0 Å². The molecule has 0 bridgehead atoms. The Morgan fingerprint density at radius 1 is 1.17 bits per heavy atom. The van der Waals surface area contributed by atoms with Gasteiger partial charge in [0.2, 0.25) is 0 Å². The lowest BCUT2D eigenvalue weighted by Crippen LogP contribution is -2.48. The fraction of sp³-hybridized carbons (Fsp3) is 0.708. The number of benzene rings is 1. The largest absolute Gasteiger partial charge is 0.376 e. The van der Waals surface area contributed by atoms with Crippen LogP contribution in [0, 0.1) is 5.41 Å². The molecule has 3 fully saturated rings. The van der Waals surface area contributed by atoms with Gasteiger partial charge in [0, 0.05) is 33.3 Å². The van der Waals surface area contributed by atoms with Gasteiger partial charge in [0.25, 0.3) is 0 Å². The minimum atomic E-state index is 0.315. The predicted octanol–water partition coefficient (Wildman–Crippen LogP) is 3.63. The molecule has 0 amide bonds. The van der Waals surface area contributed by atoms with Crippen molar-refractivity contribution in [3.63, 3.8) is 0 Å². The van der Waals surface area contributed by atoms with E-state index in [0.29, 0.717) is 17.6 Å². The van der Waals surface area contributed by atoms with Gasteiger partial charge in [0.15, 0.2) is 5.96 Å². The van der Waals surface area contributed by atoms with Crippen LogP contribution in [0.4, 0.5) is 0 Å². The molecule has 1 N–H and O–H groups in total. The van der Waals surface area contributed by atoms with E-state index in [-0.39, 0.29) is 0 Å². The van der Waals surface area contributed by atoms with Crippen LogP contribution >= 0.6 is 0 Å². The molecule has 1 atom stereocenters. The number of likely N-dealkylation sites (tertiary alicyclic amines) is 1. The second kappa shape index (κ2) is 9.94. The highest BCUT2D eigenvalue weighted by Crippen LogP contribution is 2.47. The normalized spacial score (nSPS) is 25.1. The predicted molar refractivity (Wildman–Crippen MR) is 117 cm³/mol. The van der Waals surface area contributed by atoms with E-state index in [4.69, 9.17) is 9.47 Å². The Kier molecular flexibility index (Phi) is 7.09. The number of ether oxygens (including phenoxy) is 2. The summed E-state index contributed by atoms with van der Waals surface area (Å²) < 4.78 is 12.0. The first-order valence-corrected chi connectivity index (χ1v) is 11.5. The third-order valence-electron chi connectivity index (χ3n) is 6.75. The molecule has 1 aromatic rings. The lowest BCUT2D eigenvalue weighted by molar-refractivity contribution is -0.0721. The maximum atomic E-state index is 6.16. The quantitative estimate of drug-likeness (QED) is 0.562. The maximum Gasteiger partial charge on any atom is 0.193 e. The fourth-order valence-electron chi connectivity index (χ4n) is 4.64. The second-order valence-electron chi connectivity index (χ2n) is 9.07. The van der Waals surface area contributed by atoms with Gasteiger partial charge in [0.05, 0.1) is 18.8 Å². The molecule has 0 radical (unpaired) electrons. The van der Waals surface area contributed by atoms with Crippen molar-refractivity contribution in [3.05, 3.63) is 35.9 Å². The average molecular weight is 400 g/mol. The molecule has 160 valence electrons. The number of hydrogen-bond acceptors (Lipinski definition) is 3. The van der Waals surface area contributed by atoms with Gasteiger partial charge in [-0.3, -0.25) is 4.99 Å². The highest BCUT2D eigenvalue weighted by molar-refractivity contribution is 5.80. The van der Waals surface area contributed by atoms with Crippen LogP contribution in [0.15, 0.2) is 35.3 Å². The number of guanidine groups is 1. The Morgan fingerprint density at radius 2 is 1.97 bits per heavy atom. The van der Waals surface area contributed by atoms with Gasteiger partial charge in [-0.25, -0.2) is 0 Å². The zero-order valence-corrected chi connectivity index (χ0v) is 17.9. The van der Waals surface area contributed by atoms with E-state index >= 15 is 0 Å². The summed E-state index contributed by atoms with van der Waals surface area (Å²) in [7, 11) is 1.90. The van der Waals surface area contributed by atoms with Gasteiger partial charge in [-0.2, -0.15) is 0 Å². The van der Waals surface area contributed by atoms with Crippen LogP contribution in [0.1, 0.15) is 50.5 Å². The van der Waals surface area contributed by atoms with E-state index in [9.17, 15) is 0 Å². The number of nitrogens with zero attached hydrogens (tertiary/aromatic N) is 2. The van der Waals surface area contributed by atoms with Crippen molar-refractivity contribution >= 4 is 5.96 Å². The molecule has 2 aliphatic heterocycles. The third-order valence-corrected chi connectivity index (χ3v) is 6.75.